The molecule has 0 bridgehead atoms. The number of nitrogens with zero attached hydrogens (tertiary/aromatic N) is 5. The van der Waals surface area contributed by atoms with E-state index in [9.17, 15) is 4.79 Å². The van der Waals surface area contributed by atoms with E-state index >= 15 is 0 Å². The van der Waals surface area contributed by atoms with E-state index < -0.39 is 0 Å². The number of rotatable bonds is 7. The summed E-state index contributed by atoms with van der Waals surface area (Å²) in [5, 5.41) is 10.5. The third-order valence-corrected chi connectivity index (χ3v) is 8.04. The molecule has 0 unspecified atom stereocenters. The lowest BCUT2D eigenvalue weighted by Gasteiger charge is -2.31. The second-order valence-electron chi connectivity index (χ2n) is 8.08. The van der Waals surface area contributed by atoms with Gasteiger partial charge in [-0.15, -0.1) is 28.1 Å². The number of aryl methyl sites for hydroxylation is 1. The van der Waals surface area contributed by atoms with Crippen LogP contribution in [0.5, 0.6) is 0 Å². The normalized spacial score (nSPS) is 16.4. The van der Waals surface area contributed by atoms with Crippen molar-refractivity contribution in [1.29, 1.82) is 0 Å². The summed E-state index contributed by atoms with van der Waals surface area (Å²) in [6, 6.07) is 10.1. The van der Waals surface area contributed by atoms with Crippen molar-refractivity contribution in [1.82, 2.24) is 24.6 Å². The van der Waals surface area contributed by atoms with Crippen molar-refractivity contribution in [2.24, 2.45) is 0 Å². The van der Waals surface area contributed by atoms with Gasteiger partial charge in [-0.05, 0) is 38.0 Å². The fraction of sp³-hybridized carbons (Fsp3) is 0.333. The average Bonchev–Trinajstić information content (AvgIpc) is 3.56. The van der Waals surface area contributed by atoms with Gasteiger partial charge in [0, 0.05) is 25.6 Å². The Hall–Kier alpha value is -2.91. The van der Waals surface area contributed by atoms with Gasteiger partial charge in [-0.1, -0.05) is 30.0 Å². The molecule has 1 aromatic carbocycles. The lowest BCUT2D eigenvalue weighted by molar-refractivity contribution is -0.129. The maximum atomic E-state index is 13.1. The van der Waals surface area contributed by atoms with Crippen LogP contribution in [0, 0.1) is 6.92 Å². The highest BCUT2D eigenvalue weighted by molar-refractivity contribution is 7.99. The minimum absolute atomic E-state index is 0.125. The highest BCUT2D eigenvalue weighted by Gasteiger charge is 2.27. The Balaban J connectivity index is 1.26. The van der Waals surface area contributed by atoms with E-state index in [4.69, 9.17) is 9.40 Å². The van der Waals surface area contributed by atoms with Crippen molar-refractivity contribution in [3.05, 3.63) is 60.0 Å². The molecule has 1 aliphatic heterocycles. The first-order valence-electron chi connectivity index (χ1n) is 11.0. The second kappa shape index (κ2) is 9.52. The standard InChI is InChI=1S/C24H25N5O2S2/c1-3-11-29-22(18-10-13-31-16(18)2)26-27-24(29)32-15-21(30)28-12-6-7-17(14-28)23-25-19-8-4-5-9-20(19)33-23/h3-5,8-10,13,17H,1,6-7,11-12,14-15H2,2H3/t17-/m0/s1. The Bertz CT molecular complexity index is 1260. The number of carbonyl (C=O) groups is 1. The monoisotopic (exact) mass is 479 g/mol. The van der Waals surface area contributed by atoms with E-state index in [1.165, 1.54) is 16.5 Å². The van der Waals surface area contributed by atoms with Gasteiger partial charge in [0.25, 0.3) is 0 Å². The molecule has 1 amide bonds. The third-order valence-electron chi connectivity index (χ3n) is 5.89. The van der Waals surface area contributed by atoms with Crippen molar-refractivity contribution < 1.29 is 9.21 Å². The van der Waals surface area contributed by atoms with Gasteiger partial charge in [0.2, 0.25) is 5.91 Å². The van der Waals surface area contributed by atoms with Crippen molar-refractivity contribution in [3.63, 3.8) is 0 Å². The molecule has 1 saturated heterocycles. The molecular weight excluding hydrogens is 454 g/mol. The number of furan rings is 1. The summed E-state index contributed by atoms with van der Waals surface area (Å²) >= 11 is 3.17. The van der Waals surface area contributed by atoms with Crippen molar-refractivity contribution in [2.45, 2.75) is 37.4 Å². The molecule has 1 atom stereocenters. The molecule has 9 heteroatoms. The predicted molar refractivity (Wildman–Crippen MR) is 132 cm³/mol. The molecule has 3 aromatic heterocycles. The van der Waals surface area contributed by atoms with Crippen LogP contribution < -0.4 is 0 Å². The molecule has 1 aliphatic rings. The minimum Gasteiger partial charge on any atom is -0.469 e. The number of para-hydroxylation sites is 1. The Morgan fingerprint density at radius 3 is 3.00 bits per heavy atom. The lowest BCUT2D eigenvalue weighted by atomic mass is 9.99. The maximum Gasteiger partial charge on any atom is 0.233 e. The lowest BCUT2D eigenvalue weighted by Crippen LogP contribution is -2.40. The summed E-state index contributed by atoms with van der Waals surface area (Å²) in [6.07, 6.45) is 5.51. The SMILES string of the molecule is C=CCn1c(SCC(=O)N2CCC[C@H](c3nc4ccccc4s3)C2)nnc1-c1ccoc1C. The Morgan fingerprint density at radius 1 is 1.33 bits per heavy atom. The van der Waals surface area contributed by atoms with E-state index in [1.54, 1.807) is 23.7 Å². The molecule has 1 fully saturated rings. The van der Waals surface area contributed by atoms with Gasteiger partial charge in [-0.25, -0.2) is 4.98 Å². The molecule has 170 valence electrons. The van der Waals surface area contributed by atoms with Gasteiger partial charge in [-0.2, -0.15) is 0 Å². The number of hydrogen-bond acceptors (Lipinski definition) is 7. The van der Waals surface area contributed by atoms with Crippen molar-refractivity contribution in [2.75, 3.05) is 18.8 Å². The van der Waals surface area contributed by atoms with Crippen LogP contribution >= 0.6 is 23.1 Å². The summed E-state index contributed by atoms with van der Waals surface area (Å²) in [5.74, 6) is 2.26. The first kappa shape index (κ1) is 21.9. The number of fused-ring (bicyclic) bond motifs is 1. The summed E-state index contributed by atoms with van der Waals surface area (Å²) in [6.45, 7) is 7.83. The first-order chi connectivity index (χ1) is 16.1. The van der Waals surface area contributed by atoms with Crippen LogP contribution in [0.15, 0.2) is 58.8 Å². The molecule has 0 saturated carbocycles. The van der Waals surface area contributed by atoms with Crippen LogP contribution in [-0.4, -0.2) is 49.4 Å². The van der Waals surface area contributed by atoms with Gasteiger partial charge in [0.15, 0.2) is 11.0 Å². The molecule has 5 rings (SSSR count). The van der Waals surface area contributed by atoms with E-state index in [2.05, 4.69) is 28.9 Å². The summed E-state index contributed by atoms with van der Waals surface area (Å²) in [5.41, 5.74) is 1.94. The number of piperidine rings is 1. The molecule has 4 aromatic rings. The smallest absolute Gasteiger partial charge is 0.233 e. The molecule has 0 N–H and O–H groups in total. The predicted octanol–water partition coefficient (Wildman–Crippen LogP) is 5.14. The van der Waals surface area contributed by atoms with Gasteiger partial charge in [0.1, 0.15) is 5.76 Å². The van der Waals surface area contributed by atoms with E-state index in [1.807, 2.05) is 34.6 Å². The summed E-state index contributed by atoms with van der Waals surface area (Å²) in [4.78, 5) is 19.9. The third kappa shape index (κ3) is 4.47. The number of likely N-dealkylation sites (tertiary alicyclic amines) is 1. The molecule has 33 heavy (non-hydrogen) atoms. The van der Waals surface area contributed by atoms with Crippen LogP contribution in [0.1, 0.15) is 29.5 Å². The van der Waals surface area contributed by atoms with Crippen LogP contribution in [0.3, 0.4) is 0 Å². The van der Waals surface area contributed by atoms with Crippen LogP contribution in [0.4, 0.5) is 0 Å². The number of carbonyl (C=O) groups excluding carboxylic acids is 1. The minimum atomic E-state index is 0.125. The van der Waals surface area contributed by atoms with E-state index in [-0.39, 0.29) is 5.91 Å². The fourth-order valence-electron chi connectivity index (χ4n) is 4.19. The topological polar surface area (TPSA) is 77.1 Å². The number of hydrogen-bond donors (Lipinski definition) is 0. The number of amides is 1. The Kier molecular flexibility index (Phi) is 6.32. The second-order valence-corrected chi connectivity index (χ2v) is 10.1. The van der Waals surface area contributed by atoms with Crippen LogP contribution in [0.25, 0.3) is 21.6 Å². The molecule has 4 heterocycles. The van der Waals surface area contributed by atoms with Crippen LogP contribution in [-0.2, 0) is 11.3 Å². The van der Waals surface area contributed by atoms with Crippen molar-refractivity contribution in [3.8, 4) is 11.4 Å². The number of aromatic nitrogens is 4. The number of benzene rings is 1. The highest BCUT2D eigenvalue weighted by atomic mass is 32.2. The van der Waals surface area contributed by atoms with E-state index in [0.29, 0.717) is 23.4 Å². The van der Waals surface area contributed by atoms with Gasteiger partial charge in [-0.3, -0.25) is 9.36 Å². The zero-order valence-corrected chi connectivity index (χ0v) is 20.1. The fourth-order valence-corrected chi connectivity index (χ4v) is 6.14. The summed E-state index contributed by atoms with van der Waals surface area (Å²) in [7, 11) is 0. The zero-order chi connectivity index (χ0) is 22.8. The maximum absolute atomic E-state index is 13.1. The molecule has 0 radical (unpaired) electrons. The average molecular weight is 480 g/mol. The molecule has 7 nitrogen and oxygen atoms in total. The Labute approximate surface area is 200 Å². The molecule has 0 aliphatic carbocycles. The molecule has 0 spiro atoms. The quantitative estimate of drug-likeness (QED) is 0.270. The van der Waals surface area contributed by atoms with E-state index in [0.717, 1.165) is 53.6 Å². The number of allylic oxidation sites excluding steroid dienone is 1. The van der Waals surface area contributed by atoms with Gasteiger partial charge in [0.05, 0.1) is 32.8 Å². The van der Waals surface area contributed by atoms with Crippen molar-refractivity contribution >= 4 is 39.2 Å². The number of thiazole rings is 1. The molecular formula is C24H25N5O2S2. The number of thioether (sulfide) groups is 1. The van der Waals surface area contributed by atoms with Gasteiger partial charge >= 0.3 is 0 Å². The first-order valence-corrected chi connectivity index (χ1v) is 12.8. The van der Waals surface area contributed by atoms with Crippen LogP contribution in [0.2, 0.25) is 0 Å². The largest absolute Gasteiger partial charge is 0.469 e. The zero-order valence-electron chi connectivity index (χ0n) is 18.4. The highest BCUT2D eigenvalue weighted by Crippen LogP contribution is 2.33. The Morgan fingerprint density at radius 2 is 2.21 bits per heavy atom. The van der Waals surface area contributed by atoms with Gasteiger partial charge < -0.3 is 9.32 Å². The summed E-state index contributed by atoms with van der Waals surface area (Å²) < 4.78 is 8.61.